The average Bonchev–Trinajstić information content (AvgIpc) is 2.65. The number of pyridine rings is 1. The second-order valence-corrected chi connectivity index (χ2v) is 6.22. The molecular weight excluding hydrogens is 298 g/mol. The van der Waals surface area contributed by atoms with Gasteiger partial charge < -0.3 is 10.2 Å². The quantitative estimate of drug-likeness (QED) is 0.602. The van der Waals surface area contributed by atoms with Crippen LogP contribution in [0.4, 0.5) is 5.82 Å². The Kier molecular flexibility index (Phi) is 5.70. The third-order valence-corrected chi connectivity index (χ3v) is 4.56. The monoisotopic (exact) mass is 325 g/mol. The van der Waals surface area contributed by atoms with Gasteiger partial charge in [-0.05, 0) is 60.6 Å². The van der Waals surface area contributed by atoms with E-state index in [1.165, 1.54) is 23.1 Å². The first-order valence-electron chi connectivity index (χ1n) is 9.04. The molecule has 2 heterocycles. The third kappa shape index (κ3) is 4.06. The number of aromatic nitrogens is 1. The van der Waals surface area contributed by atoms with E-state index < -0.39 is 0 Å². The van der Waals surface area contributed by atoms with Gasteiger partial charge in [-0.1, -0.05) is 26.0 Å². The Bertz CT molecular complexity index is 643. The van der Waals surface area contributed by atoms with E-state index in [2.05, 4.69) is 48.9 Å². The molecule has 1 aliphatic heterocycles. The predicted molar refractivity (Wildman–Crippen MR) is 98.6 cm³/mol. The van der Waals surface area contributed by atoms with Crippen LogP contribution in [0.5, 0.6) is 5.75 Å². The minimum atomic E-state index is 0.739. The first-order chi connectivity index (χ1) is 11.8. The van der Waals surface area contributed by atoms with Crippen molar-refractivity contribution in [3.05, 3.63) is 52.7 Å². The number of fused-ring (bicyclic) bond motifs is 1. The van der Waals surface area contributed by atoms with Crippen molar-refractivity contribution in [3.8, 4) is 5.75 Å². The number of rotatable bonds is 7. The molecule has 0 saturated carbocycles. The van der Waals surface area contributed by atoms with Crippen molar-refractivity contribution in [2.75, 3.05) is 18.4 Å². The lowest BCUT2D eigenvalue weighted by Gasteiger charge is -2.17. The first-order valence-corrected chi connectivity index (χ1v) is 9.04. The van der Waals surface area contributed by atoms with Gasteiger partial charge in [-0.15, -0.1) is 0 Å². The molecule has 4 heteroatoms. The van der Waals surface area contributed by atoms with Crippen molar-refractivity contribution in [3.63, 3.8) is 0 Å². The molecule has 0 fully saturated rings. The molecule has 0 amide bonds. The van der Waals surface area contributed by atoms with Crippen LogP contribution in [0.1, 0.15) is 42.7 Å². The Hall–Kier alpha value is -2.07. The fourth-order valence-electron chi connectivity index (χ4n) is 3.16. The van der Waals surface area contributed by atoms with Crippen LogP contribution in [0.15, 0.2) is 30.3 Å². The van der Waals surface area contributed by atoms with Gasteiger partial charge in [0, 0.05) is 25.2 Å². The highest BCUT2D eigenvalue weighted by molar-refractivity contribution is 5.47. The molecule has 4 nitrogen and oxygen atoms in total. The topological polar surface area (TPSA) is 46.2 Å². The fourth-order valence-corrected chi connectivity index (χ4v) is 3.16. The molecule has 128 valence electrons. The summed E-state index contributed by atoms with van der Waals surface area (Å²) in [6.45, 7) is 6.14. The zero-order chi connectivity index (χ0) is 16.8. The van der Waals surface area contributed by atoms with Crippen LogP contribution >= 0.6 is 0 Å². The lowest BCUT2D eigenvalue weighted by atomic mass is 10.0. The summed E-state index contributed by atoms with van der Waals surface area (Å²) < 4.78 is 0. The summed E-state index contributed by atoms with van der Waals surface area (Å²) >= 11 is 0. The standard InChI is InChI=1S/C20H27N3O/c1-3-15-8-10-19(14-16(15)4-2)24-22-13-11-18-9-7-17-6-5-12-21-20(17)23-18/h7-10,14,22H,3-6,11-13H2,1-2H3,(H,21,23). The van der Waals surface area contributed by atoms with Gasteiger partial charge in [0.05, 0.1) is 0 Å². The third-order valence-electron chi connectivity index (χ3n) is 4.56. The molecule has 2 aromatic rings. The zero-order valence-electron chi connectivity index (χ0n) is 14.7. The van der Waals surface area contributed by atoms with E-state index in [0.29, 0.717) is 0 Å². The van der Waals surface area contributed by atoms with E-state index in [1.54, 1.807) is 0 Å². The molecule has 0 atom stereocenters. The molecule has 3 rings (SSSR count). The van der Waals surface area contributed by atoms with Crippen LogP contribution in [0.25, 0.3) is 0 Å². The second-order valence-electron chi connectivity index (χ2n) is 6.22. The number of aryl methyl sites for hydroxylation is 3. The van der Waals surface area contributed by atoms with Crippen molar-refractivity contribution in [2.45, 2.75) is 46.0 Å². The highest BCUT2D eigenvalue weighted by Gasteiger charge is 2.10. The number of nitrogens with zero attached hydrogens (tertiary/aromatic N) is 1. The van der Waals surface area contributed by atoms with E-state index in [1.807, 2.05) is 6.07 Å². The smallest absolute Gasteiger partial charge is 0.147 e. The Balaban J connectivity index is 1.50. The molecule has 2 N–H and O–H groups in total. The van der Waals surface area contributed by atoms with Gasteiger partial charge in [0.25, 0.3) is 0 Å². The van der Waals surface area contributed by atoms with Crippen LogP contribution in [0.2, 0.25) is 0 Å². The maximum absolute atomic E-state index is 5.69. The predicted octanol–water partition coefficient (Wildman–Crippen LogP) is 3.69. The number of nitrogens with one attached hydrogen (secondary N) is 2. The fraction of sp³-hybridized carbons (Fsp3) is 0.450. The summed E-state index contributed by atoms with van der Waals surface area (Å²) in [5, 5.41) is 3.38. The largest absolute Gasteiger partial charge is 0.409 e. The Morgan fingerprint density at radius 3 is 2.83 bits per heavy atom. The van der Waals surface area contributed by atoms with Gasteiger partial charge in [-0.2, -0.15) is 5.48 Å². The number of hydroxylamine groups is 1. The van der Waals surface area contributed by atoms with Crippen molar-refractivity contribution in [1.29, 1.82) is 0 Å². The summed E-state index contributed by atoms with van der Waals surface area (Å²) in [6, 6.07) is 10.6. The molecule has 1 aromatic heterocycles. The van der Waals surface area contributed by atoms with Crippen LogP contribution in [-0.2, 0) is 25.7 Å². The number of hydrogen-bond acceptors (Lipinski definition) is 4. The molecular formula is C20H27N3O. The molecule has 0 unspecified atom stereocenters. The van der Waals surface area contributed by atoms with Crippen LogP contribution in [-0.4, -0.2) is 18.1 Å². The average molecular weight is 325 g/mol. The minimum Gasteiger partial charge on any atom is -0.409 e. The molecule has 0 saturated heterocycles. The van der Waals surface area contributed by atoms with Gasteiger partial charge in [0.1, 0.15) is 11.6 Å². The van der Waals surface area contributed by atoms with Crippen LogP contribution in [0.3, 0.4) is 0 Å². The summed E-state index contributed by atoms with van der Waals surface area (Å²) in [4.78, 5) is 10.4. The summed E-state index contributed by atoms with van der Waals surface area (Å²) in [7, 11) is 0. The van der Waals surface area contributed by atoms with E-state index in [4.69, 9.17) is 9.82 Å². The van der Waals surface area contributed by atoms with Gasteiger partial charge in [0.2, 0.25) is 0 Å². The molecule has 1 aromatic carbocycles. The molecule has 0 spiro atoms. The van der Waals surface area contributed by atoms with Gasteiger partial charge in [-0.25, -0.2) is 4.98 Å². The van der Waals surface area contributed by atoms with Gasteiger partial charge in [0.15, 0.2) is 0 Å². The minimum absolute atomic E-state index is 0.739. The number of benzene rings is 1. The summed E-state index contributed by atoms with van der Waals surface area (Å²) in [6.07, 6.45) is 5.27. The molecule has 1 aliphatic rings. The van der Waals surface area contributed by atoms with E-state index in [0.717, 1.165) is 56.0 Å². The van der Waals surface area contributed by atoms with Crippen molar-refractivity contribution < 1.29 is 4.84 Å². The maximum Gasteiger partial charge on any atom is 0.147 e. The first kappa shape index (κ1) is 16.8. The Labute approximate surface area is 144 Å². The zero-order valence-corrected chi connectivity index (χ0v) is 14.7. The maximum atomic E-state index is 5.69. The van der Waals surface area contributed by atoms with E-state index in [-0.39, 0.29) is 0 Å². The molecule has 0 aliphatic carbocycles. The highest BCUT2D eigenvalue weighted by Crippen LogP contribution is 2.20. The lowest BCUT2D eigenvalue weighted by molar-refractivity contribution is 0.197. The van der Waals surface area contributed by atoms with Crippen molar-refractivity contribution in [1.82, 2.24) is 10.5 Å². The SMILES string of the molecule is CCc1ccc(ONCCc2ccc3c(n2)NCCC3)cc1CC. The number of hydrogen-bond donors (Lipinski definition) is 2. The molecule has 0 bridgehead atoms. The highest BCUT2D eigenvalue weighted by atomic mass is 16.6. The normalized spacial score (nSPS) is 13.2. The van der Waals surface area contributed by atoms with E-state index in [9.17, 15) is 0 Å². The Morgan fingerprint density at radius 1 is 1.12 bits per heavy atom. The van der Waals surface area contributed by atoms with Gasteiger partial charge in [-0.3, -0.25) is 0 Å². The van der Waals surface area contributed by atoms with Gasteiger partial charge >= 0.3 is 0 Å². The van der Waals surface area contributed by atoms with Crippen LogP contribution in [0, 0.1) is 0 Å². The van der Waals surface area contributed by atoms with Crippen molar-refractivity contribution >= 4 is 5.82 Å². The lowest BCUT2D eigenvalue weighted by Crippen LogP contribution is -2.22. The Morgan fingerprint density at radius 2 is 2.00 bits per heavy atom. The van der Waals surface area contributed by atoms with Crippen molar-refractivity contribution in [2.24, 2.45) is 0 Å². The summed E-state index contributed by atoms with van der Waals surface area (Å²) in [5.41, 5.74) is 8.24. The van der Waals surface area contributed by atoms with E-state index >= 15 is 0 Å². The number of anilines is 1. The van der Waals surface area contributed by atoms with Crippen LogP contribution < -0.4 is 15.6 Å². The molecule has 0 radical (unpaired) electrons. The molecule has 24 heavy (non-hydrogen) atoms. The summed E-state index contributed by atoms with van der Waals surface area (Å²) in [5.74, 6) is 1.94. The second kappa shape index (κ2) is 8.15.